The Morgan fingerprint density at radius 2 is 2.04 bits per heavy atom. The molecule has 0 bridgehead atoms. The van der Waals surface area contributed by atoms with E-state index in [9.17, 15) is 5.11 Å². The Morgan fingerprint density at radius 1 is 1.17 bits per heavy atom. The van der Waals surface area contributed by atoms with E-state index in [2.05, 4.69) is 16.0 Å². The Labute approximate surface area is 142 Å². The molecule has 4 rings (SSSR count). The quantitative estimate of drug-likeness (QED) is 0.873. The molecule has 3 heterocycles. The number of hydrogen-bond acceptors (Lipinski definition) is 5. The Balaban J connectivity index is 1.75. The Hall–Kier alpha value is -2.14. The molecule has 5 nitrogen and oxygen atoms in total. The van der Waals surface area contributed by atoms with Crippen LogP contribution < -0.4 is 9.64 Å². The van der Waals surface area contributed by atoms with E-state index < -0.39 is 0 Å². The van der Waals surface area contributed by atoms with E-state index in [-0.39, 0.29) is 6.10 Å². The summed E-state index contributed by atoms with van der Waals surface area (Å²) >= 11 is 0. The maximum Gasteiger partial charge on any atom is 0.136 e. The summed E-state index contributed by atoms with van der Waals surface area (Å²) < 4.78 is 5.97. The van der Waals surface area contributed by atoms with Crippen molar-refractivity contribution in [3.05, 3.63) is 46.9 Å². The number of anilines is 1. The van der Waals surface area contributed by atoms with Crippen LogP contribution in [0.1, 0.15) is 41.9 Å². The van der Waals surface area contributed by atoms with Crippen molar-refractivity contribution < 1.29 is 9.84 Å². The second-order valence-electron chi connectivity index (χ2n) is 6.66. The second kappa shape index (κ2) is 6.40. The highest BCUT2D eigenvalue weighted by Gasteiger charge is 2.24. The summed E-state index contributed by atoms with van der Waals surface area (Å²) in [6.07, 6.45) is 3.26. The fraction of sp³-hybridized carbons (Fsp3) is 0.474. The summed E-state index contributed by atoms with van der Waals surface area (Å²) in [5.41, 5.74) is 3.33. The van der Waals surface area contributed by atoms with Crippen LogP contribution in [0.5, 0.6) is 5.75 Å². The van der Waals surface area contributed by atoms with Gasteiger partial charge in [-0.3, -0.25) is 0 Å². The fourth-order valence-corrected chi connectivity index (χ4v) is 3.62. The number of ether oxygens (including phenoxy) is 1. The smallest absolute Gasteiger partial charge is 0.136 e. The van der Waals surface area contributed by atoms with Crippen LogP contribution in [0.25, 0.3) is 0 Å². The van der Waals surface area contributed by atoms with Gasteiger partial charge in [0.05, 0.1) is 11.8 Å². The van der Waals surface area contributed by atoms with Gasteiger partial charge in [-0.1, -0.05) is 18.2 Å². The highest BCUT2D eigenvalue weighted by atomic mass is 16.5. The lowest BCUT2D eigenvalue weighted by molar-refractivity contribution is 0.161. The zero-order valence-electron chi connectivity index (χ0n) is 14.0. The van der Waals surface area contributed by atoms with Crippen LogP contribution in [0.15, 0.2) is 24.3 Å². The van der Waals surface area contributed by atoms with Crippen molar-refractivity contribution in [3.63, 3.8) is 0 Å². The maximum absolute atomic E-state index is 9.94. The van der Waals surface area contributed by atoms with Crippen LogP contribution in [-0.4, -0.2) is 34.3 Å². The van der Waals surface area contributed by atoms with Crippen molar-refractivity contribution in [2.75, 3.05) is 18.0 Å². The molecule has 0 radical (unpaired) electrons. The molecule has 1 atom stereocenters. The van der Waals surface area contributed by atoms with Crippen LogP contribution >= 0.6 is 0 Å². The number of aromatic nitrogens is 2. The van der Waals surface area contributed by atoms with E-state index in [1.54, 1.807) is 0 Å². The lowest BCUT2D eigenvalue weighted by Gasteiger charge is -2.25. The molecule has 0 spiro atoms. The van der Waals surface area contributed by atoms with Crippen molar-refractivity contribution in [1.82, 2.24) is 9.97 Å². The number of rotatable bonds is 1. The first kappa shape index (κ1) is 15.4. The van der Waals surface area contributed by atoms with E-state index in [4.69, 9.17) is 9.72 Å². The Morgan fingerprint density at radius 3 is 2.96 bits per heavy atom. The molecule has 1 N–H and O–H groups in total. The van der Waals surface area contributed by atoms with Crippen molar-refractivity contribution in [2.45, 2.75) is 45.3 Å². The van der Waals surface area contributed by atoms with E-state index in [1.165, 1.54) is 11.1 Å². The molecule has 2 aliphatic heterocycles. The van der Waals surface area contributed by atoms with Gasteiger partial charge >= 0.3 is 0 Å². The average molecular weight is 325 g/mol. The molecule has 2 aliphatic rings. The molecular weight excluding hydrogens is 302 g/mol. The largest absolute Gasteiger partial charge is 0.487 e. The van der Waals surface area contributed by atoms with Gasteiger partial charge in [0.15, 0.2) is 0 Å². The zero-order chi connectivity index (χ0) is 16.5. The molecular formula is C19H23N3O2. The molecule has 24 heavy (non-hydrogen) atoms. The van der Waals surface area contributed by atoms with Crippen molar-refractivity contribution in [3.8, 4) is 5.75 Å². The number of hydrogen-bond donors (Lipinski definition) is 1. The van der Waals surface area contributed by atoms with Gasteiger partial charge in [-0.05, 0) is 37.8 Å². The van der Waals surface area contributed by atoms with Crippen LogP contribution in [-0.2, 0) is 13.0 Å². The van der Waals surface area contributed by atoms with Crippen molar-refractivity contribution in [2.24, 2.45) is 0 Å². The Bertz CT molecular complexity index is 747. The monoisotopic (exact) mass is 325 g/mol. The van der Waals surface area contributed by atoms with E-state index in [1.807, 2.05) is 25.1 Å². The molecule has 0 amide bonds. The van der Waals surface area contributed by atoms with Gasteiger partial charge in [-0.2, -0.15) is 0 Å². The average Bonchev–Trinajstić information content (AvgIpc) is 2.90. The minimum atomic E-state index is -0.194. The highest BCUT2D eigenvalue weighted by Crippen LogP contribution is 2.32. The number of aryl methyl sites for hydroxylation is 1. The minimum absolute atomic E-state index is 0.194. The summed E-state index contributed by atoms with van der Waals surface area (Å²) in [5.74, 6) is 2.74. The van der Waals surface area contributed by atoms with Crippen LogP contribution in [0, 0.1) is 6.92 Å². The third kappa shape index (κ3) is 2.96. The topological polar surface area (TPSA) is 58.5 Å². The first-order chi connectivity index (χ1) is 11.7. The molecule has 0 unspecified atom stereocenters. The maximum atomic E-state index is 9.94. The second-order valence-corrected chi connectivity index (χ2v) is 6.66. The van der Waals surface area contributed by atoms with Gasteiger partial charge in [-0.15, -0.1) is 0 Å². The molecule has 2 aromatic rings. The zero-order valence-corrected chi connectivity index (χ0v) is 14.0. The van der Waals surface area contributed by atoms with Gasteiger partial charge < -0.3 is 14.7 Å². The molecule has 1 aromatic carbocycles. The number of fused-ring (bicyclic) bond motifs is 2. The normalized spacial score (nSPS) is 20.4. The summed E-state index contributed by atoms with van der Waals surface area (Å²) in [6, 6.07) is 8.18. The predicted molar refractivity (Wildman–Crippen MR) is 92.4 cm³/mol. The third-order valence-corrected chi connectivity index (χ3v) is 4.88. The summed E-state index contributed by atoms with van der Waals surface area (Å²) in [6.45, 7) is 4.20. The number of nitrogens with zero attached hydrogens (tertiary/aromatic N) is 3. The lowest BCUT2D eigenvalue weighted by Crippen LogP contribution is -2.28. The van der Waals surface area contributed by atoms with E-state index >= 15 is 0 Å². The molecule has 1 saturated heterocycles. The van der Waals surface area contributed by atoms with Crippen LogP contribution in [0.4, 0.5) is 5.82 Å². The van der Waals surface area contributed by atoms with Gasteiger partial charge in [0.25, 0.3) is 0 Å². The van der Waals surface area contributed by atoms with Gasteiger partial charge in [0.2, 0.25) is 0 Å². The molecule has 0 aliphatic carbocycles. The predicted octanol–water partition coefficient (Wildman–Crippen LogP) is 2.62. The molecule has 1 fully saturated rings. The van der Waals surface area contributed by atoms with E-state index in [0.29, 0.717) is 6.61 Å². The molecule has 5 heteroatoms. The van der Waals surface area contributed by atoms with Gasteiger partial charge in [0.1, 0.15) is 24.0 Å². The Kier molecular flexibility index (Phi) is 4.10. The minimum Gasteiger partial charge on any atom is -0.487 e. The van der Waals surface area contributed by atoms with Gasteiger partial charge in [0, 0.05) is 25.1 Å². The van der Waals surface area contributed by atoms with Gasteiger partial charge in [-0.25, -0.2) is 9.97 Å². The number of aliphatic hydroxyl groups excluding tert-OH is 1. The molecule has 1 aromatic heterocycles. The first-order valence-corrected chi connectivity index (χ1v) is 8.71. The number of aliphatic hydroxyl groups is 1. The molecule has 126 valence electrons. The summed E-state index contributed by atoms with van der Waals surface area (Å²) in [5, 5.41) is 9.94. The highest BCUT2D eigenvalue weighted by molar-refractivity contribution is 5.54. The SMILES string of the molecule is Cc1nc2c(c(N3CCC[C@H](O)CC3)n1)Cc1ccccc1OC2. The van der Waals surface area contributed by atoms with Crippen molar-refractivity contribution >= 4 is 5.82 Å². The van der Waals surface area contributed by atoms with E-state index in [0.717, 1.165) is 61.9 Å². The first-order valence-electron chi connectivity index (χ1n) is 8.71. The van der Waals surface area contributed by atoms with Crippen LogP contribution in [0.3, 0.4) is 0 Å². The molecule has 0 saturated carbocycles. The summed E-state index contributed by atoms with van der Waals surface area (Å²) in [4.78, 5) is 11.7. The van der Waals surface area contributed by atoms with Crippen LogP contribution in [0.2, 0.25) is 0 Å². The number of para-hydroxylation sites is 1. The van der Waals surface area contributed by atoms with Crippen molar-refractivity contribution in [1.29, 1.82) is 0 Å². The number of benzene rings is 1. The standard InChI is InChI=1S/C19H23N3O2/c1-13-20-17-12-24-18-7-3-2-5-14(18)11-16(17)19(21-13)22-9-4-6-15(23)8-10-22/h2-3,5,7,15,23H,4,6,8-12H2,1H3/t15-/m0/s1. The fourth-order valence-electron chi connectivity index (χ4n) is 3.62. The third-order valence-electron chi connectivity index (χ3n) is 4.88. The lowest BCUT2D eigenvalue weighted by atomic mass is 10.0. The summed E-state index contributed by atoms with van der Waals surface area (Å²) in [7, 11) is 0.